The molecule has 1 aliphatic rings. The summed E-state index contributed by atoms with van der Waals surface area (Å²) in [5, 5.41) is 4.78. The van der Waals surface area contributed by atoms with E-state index in [1.165, 1.54) is 11.3 Å². The van der Waals surface area contributed by atoms with Crippen LogP contribution >= 0.6 is 11.3 Å². The molecule has 2 amide bonds. The molecule has 1 N–H and O–H groups in total. The van der Waals surface area contributed by atoms with Crippen LogP contribution in [0.4, 0.5) is 0 Å². The van der Waals surface area contributed by atoms with Crippen LogP contribution in [0, 0.1) is 11.8 Å². The molecule has 1 fully saturated rings. The number of carbonyl (C=O) groups excluding carboxylic acids is 2. The highest BCUT2D eigenvalue weighted by Gasteiger charge is 2.42. The molecule has 1 aromatic rings. The summed E-state index contributed by atoms with van der Waals surface area (Å²) in [6.07, 6.45) is 0. The SMILES string of the molecule is CC(C)C1NC(=O)C(C(C)C)N(Cc2cscn2)C1=O. The first-order chi connectivity index (χ1) is 9.41. The Morgan fingerprint density at radius 3 is 2.50 bits per heavy atom. The number of aromatic nitrogens is 1. The van der Waals surface area contributed by atoms with Gasteiger partial charge in [-0.05, 0) is 11.8 Å². The maximum atomic E-state index is 12.6. The van der Waals surface area contributed by atoms with Gasteiger partial charge < -0.3 is 10.2 Å². The molecule has 110 valence electrons. The average Bonchev–Trinajstić information content (AvgIpc) is 2.85. The molecule has 6 heteroatoms. The Morgan fingerprint density at radius 2 is 2.00 bits per heavy atom. The van der Waals surface area contributed by atoms with E-state index < -0.39 is 12.1 Å². The Morgan fingerprint density at radius 1 is 1.30 bits per heavy atom. The van der Waals surface area contributed by atoms with Crippen LogP contribution in [-0.2, 0) is 16.1 Å². The fraction of sp³-hybridized carbons (Fsp3) is 0.643. The van der Waals surface area contributed by atoms with Crippen LogP contribution in [0.5, 0.6) is 0 Å². The van der Waals surface area contributed by atoms with Crippen LogP contribution in [-0.4, -0.2) is 33.8 Å². The Balaban J connectivity index is 2.28. The van der Waals surface area contributed by atoms with E-state index in [0.717, 1.165) is 5.69 Å². The van der Waals surface area contributed by atoms with Crippen LogP contribution in [0.3, 0.4) is 0 Å². The van der Waals surface area contributed by atoms with Gasteiger partial charge in [0, 0.05) is 5.38 Å². The molecule has 20 heavy (non-hydrogen) atoms. The van der Waals surface area contributed by atoms with Gasteiger partial charge >= 0.3 is 0 Å². The largest absolute Gasteiger partial charge is 0.342 e. The third-order valence-electron chi connectivity index (χ3n) is 3.57. The summed E-state index contributed by atoms with van der Waals surface area (Å²) in [4.78, 5) is 30.9. The normalized spacial score (nSPS) is 23.6. The van der Waals surface area contributed by atoms with E-state index in [2.05, 4.69) is 10.3 Å². The molecule has 0 aromatic carbocycles. The minimum Gasteiger partial charge on any atom is -0.342 e. The van der Waals surface area contributed by atoms with Gasteiger partial charge in [0.15, 0.2) is 0 Å². The van der Waals surface area contributed by atoms with Crippen LogP contribution in [0.1, 0.15) is 33.4 Å². The quantitative estimate of drug-likeness (QED) is 0.918. The number of hydrogen-bond donors (Lipinski definition) is 1. The number of thiazole rings is 1. The van der Waals surface area contributed by atoms with Crippen LogP contribution in [0.2, 0.25) is 0 Å². The number of amides is 2. The van der Waals surface area contributed by atoms with Crippen LogP contribution < -0.4 is 5.32 Å². The molecule has 0 saturated carbocycles. The molecule has 0 aliphatic carbocycles. The zero-order chi connectivity index (χ0) is 14.9. The number of piperazine rings is 1. The summed E-state index contributed by atoms with van der Waals surface area (Å²) < 4.78 is 0. The molecule has 1 aliphatic heterocycles. The Kier molecular flexibility index (Phi) is 4.42. The maximum Gasteiger partial charge on any atom is 0.246 e. The zero-order valence-electron chi connectivity index (χ0n) is 12.3. The molecule has 2 unspecified atom stereocenters. The smallest absolute Gasteiger partial charge is 0.246 e. The Bertz CT molecular complexity index is 485. The second-order valence-electron chi connectivity index (χ2n) is 5.87. The number of carbonyl (C=O) groups is 2. The summed E-state index contributed by atoms with van der Waals surface area (Å²) in [7, 11) is 0. The summed E-state index contributed by atoms with van der Waals surface area (Å²) >= 11 is 1.50. The third-order valence-corrected chi connectivity index (χ3v) is 4.20. The first kappa shape index (κ1) is 15.0. The summed E-state index contributed by atoms with van der Waals surface area (Å²) in [5.74, 6) is 0.0861. The molecule has 2 atom stereocenters. The molecule has 2 heterocycles. The number of nitrogens with zero attached hydrogens (tertiary/aromatic N) is 2. The lowest BCUT2D eigenvalue weighted by Gasteiger charge is -2.41. The predicted molar refractivity (Wildman–Crippen MR) is 78.1 cm³/mol. The molecule has 0 bridgehead atoms. The van der Waals surface area contributed by atoms with Crippen molar-refractivity contribution in [3.05, 3.63) is 16.6 Å². The highest BCUT2D eigenvalue weighted by molar-refractivity contribution is 7.07. The topological polar surface area (TPSA) is 62.3 Å². The molecule has 2 rings (SSSR count). The molecule has 5 nitrogen and oxygen atoms in total. The second kappa shape index (κ2) is 5.91. The van der Waals surface area contributed by atoms with E-state index in [1.807, 2.05) is 33.1 Å². The fourth-order valence-corrected chi connectivity index (χ4v) is 3.09. The standard InChI is InChI=1S/C14H21N3O2S/c1-8(2)11-14(19)17(5-10-6-20-7-15-10)12(9(3)4)13(18)16-11/h6-9,11-12H,5H2,1-4H3,(H,16,18). The minimum atomic E-state index is -0.434. The van der Waals surface area contributed by atoms with E-state index in [1.54, 1.807) is 10.4 Å². The third kappa shape index (κ3) is 2.85. The molecule has 1 saturated heterocycles. The van der Waals surface area contributed by atoms with Gasteiger partial charge in [0.1, 0.15) is 12.1 Å². The fourth-order valence-electron chi connectivity index (χ4n) is 2.54. The van der Waals surface area contributed by atoms with Gasteiger partial charge in [-0.25, -0.2) is 4.98 Å². The molecule has 0 spiro atoms. The van der Waals surface area contributed by atoms with Crippen LogP contribution in [0.15, 0.2) is 10.9 Å². The van der Waals surface area contributed by atoms with E-state index in [9.17, 15) is 9.59 Å². The summed E-state index contributed by atoms with van der Waals surface area (Å²) in [6, 6.07) is -0.852. The van der Waals surface area contributed by atoms with Crippen molar-refractivity contribution in [3.63, 3.8) is 0 Å². The van der Waals surface area contributed by atoms with Gasteiger partial charge in [-0.1, -0.05) is 27.7 Å². The lowest BCUT2D eigenvalue weighted by molar-refractivity contribution is -0.153. The number of nitrogens with one attached hydrogen (secondary N) is 1. The van der Waals surface area contributed by atoms with E-state index in [0.29, 0.717) is 6.54 Å². The second-order valence-corrected chi connectivity index (χ2v) is 6.58. The Hall–Kier alpha value is -1.43. The van der Waals surface area contributed by atoms with Gasteiger partial charge in [-0.2, -0.15) is 0 Å². The molecule has 1 aromatic heterocycles. The molecular weight excluding hydrogens is 274 g/mol. The van der Waals surface area contributed by atoms with E-state index in [-0.39, 0.29) is 23.7 Å². The highest BCUT2D eigenvalue weighted by atomic mass is 32.1. The lowest BCUT2D eigenvalue weighted by Crippen LogP contribution is -2.65. The van der Waals surface area contributed by atoms with Gasteiger partial charge in [-0.15, -0.1) is 11.3 Å². The van der Waals surface area contributed by atoms with E-state index in [4.69, 9.17) is 0 Å². The lowest BCUT2D eigenvalue weighted by atomic mass is 9.93. The zero-order valence-corrected chi connectivity index (χ0v) is 13.1. The average molecular weight is 295 g/mol. The molecule has 0 radical (unpaired) electrons. The number of hydrogen-bond acceptors (Lipinski definition) is 4. The van der Waals surface area contributed by atoms with Crippen molar-refractivity contribution < 1.29 is 9.59 Å². The summed E-state index contributed by atoms with van der Waals surface area (Å²) in [6.45, 7) is 8.21. The minimum absolute atomic E-state index is 0.00806. The van der Waals surface area contributed by atoms with Gasteiger partial charge in [-0.3, -0.25) is 9.59 Å². The predicted octanol–water partition coefficient (Wildman–Crippen LogP) is 1.65. The molecular formula is C14H21N3O2S. The van der Waals surface area contributed by atoms with Gasteiger partial charge in [0.05, 0.1) is 17.7 Å². The van der Waals surface area contributed by atoms with Crippen molar-refractivity contribution in [2.75, 3.05) is 0 Å². The first-order valence-electron chi connectivity index (χ1n) is 6.89. The first-order valence-corrected chi connectivity index (χ1v) is 7.84. The van der Waals surface area contributed by atoms with Crippen molar-refractivity contribution in [2.45, 2.75) is 46.3 Å². The van der Waals surface area contributed by atoms with Crippen molar-refractivity contribution in [1.29, 1.82) is 0 Å². The summed E-state index contributed by atoms with van der Waals surface area (Å²) in [5.41, 5.74) is 2.58. The van der Waals surface area contributed by atoms with Gasteiger partial charge in [0.2, 0.25) is 11.8 Å². The van der Waals surface area contributed by atoms with Crippen molar-refractivity contribution in [3.8, 4) is 0 Å². The van der Waals surface area contributed by atoms with Crippen molar-refractivity contribution in [2.24, 2.45) is 11.8 Å². The van der Waals surface area contributed by atoms with Gasteiger partial charge in [0.25, 0.3) is 0 Å². The van der Waals surface area contributed by atoms with Crippen molar-refractivity contribution in [1.82, 2.24) is 15.2 Å². The highest BCUT2D eigenvalue weighted by Crippen LogP contribution is 2.22. The monoisotopic (exact) mass is 295 g/mol. The van der Waals surface area contributed by atoms with Crippen molar-refractivity contribution >= 4 is 23.2 Å². The van der Waals surface area contributed by atoms with Crippen LogP contribution in [0.25, 0.3) is 0 Å². The number of rotatable bonds is 4. The Labute approximate surface area is 123 Å². The maximum absolute atomic E-state index is 12.6. The van der Waals surface area contributed by atoms with E-state index >= 15 is 0 Å².